The van der Waals surface area contributed by atoms with E-state index in [0.717, 1.165) is 27.0 Å². The Balaban J connectivity index is 2.64. The predicted molar refractivity (Wildman–Crippen MR) is 63.1 cm³/mol. The Morgan fingerprint density at radius 2 is 2.13 bits per heavy atom. The van der Waals surface area contributed by atoms with E-state index in [9.17, 15) is 0 Å². The van der Waals surface area contributed by atoms with Crippen LogP contribution in [0.5, 0.6) is 5.75 Å². The van der Waals surface area contributed by atoms with Gasteiger partial charge in [0.05, 0.1) is 17.6 Å². The van der Waals surface area contributed by atoms with E-state index in [2.05, 4.69) is 15.9 Å². The fourth-order valence-corrected chi connectivity index (χ4v) is 1.98. The minimum atomic E-state index is -0.102. The summed E-state index contributed by atoms with van der Waals surface area (Å²) in [5.41, 5.74) is 6.57. The van der Waals surface area contributed by atoms with Gasteiger partial charge in [-0.3, -0.25) is 0 Å². The summed E-state index contributed by atoms with van der Waals surface area (Å²) < 4.78 is 11.7. The van der Waals surface area contributed by atoms with Gasteiger partial charge in [0.15, 0.2) is 0 Å². The predicted octanol–water partition coefficient (Wildman–Crippen LogP) is 3.22. The average molecular weight is 270 g/mol. The van der Waals surface area contributed by atoms with Gasteiger partial charge in [-0.25, -0.2) is 0 Å². The van der Waals surface area contributed by atoms with Crippen molar-refractivity contribution in [1.82, 2.24) is 0 Å². The van der Waals surface area contributed by atoms with E-state index in [-0.39, 0.29) is 6.04 Å². The number of halogens is 1. The first-order chi connectivity index (χ1) is 7.11. The minimum Gasteiger partial charge on any atom is -0.497 e. The van der Waals surface area contributed by atoms with Gasteiger partial charge in [0, 0.05) is 5.39 Å². The summed E-state index contributed by atoms with van der Waals surface area (Å²) in [6.07, 6.45) is 0. The molecule has 1 aromatic carbocycles. The van der Waals surface area contributed by atoms with Crippen molar-refractivity contribution in [1.29, 1.82) is 0 Å². The van der Waals surface area contributed by atoms with E-state index >= 15 is 0 Å². The second kappa shape index (κ2) is 3.87. The van der Waals surface area contributed by atoms with Crippen molar-refractivity contribution in [3.8, 4) is 5.75 Å². The lowest BCUT2D eigenvalue weighted by molar-refractivity contribution is 0.415. The highest BCUT2D eigenvalue weighted by Crippen LogP contribution is 2.33. The third kappa shape index (κ3) is 1.87. The lowest BCUT2D eigenvalue weighted by atomic mass is 10.2. The van der Waals surface area contributed by atoms with Crippen LogP contribution in [0.1, 0.15) is 18.7 Å². The zero-order valence-corrected chi connectivity index (χ0v) is 10.2. The number of rotatable bonds is 2. The molecule has 0 aliphatic rings. The summed E-state index contributed by atoms with van der Waals surface area (Å²) in [6, 6.07) is 5.63. The summed E-state index contributed by atoms with van der Waals surface area (Å²) in [4.78, 5) is 0. The SMILES string of the molecule is COc1cc(Br)c2oc(C(C)N)cc2c1. The van der Waals surface area contributed by atoms with Crippen LogP contribution in [0, 0.1) is 0 Å². The molecule has 0 amide bonds. The van der Waals surface area contributed by atoms with Crippen LogP contribution in [-0.2, 0) is 0 Å². The van der Waals surface area contributed by atoms with Crippen LogP contribution in [0.2, 0.25) is 0 Å². The number of hydrogen-bond donors (Lipinski definition) is 1. The lowest BCUT2D eigenvalue weighted by Crippen LogP contribution is -2.02. The molecular weight excluding hydrogens is 258 g/mol. The van der Waals surface area contributed by atoms with Gasteiger partial charge in [-0.2, -0.15) is 0 Å². The van der Waals surface area contributed by atoms with Gasteiger partial charge in [-0.05, 0) is 41.1 Å². The van der Waals surface area contributed by atoms with Gasteiger partial charge in [0.1, 0.15) is 17.1 Å². The topological polar surface area (TPSA) is 48.4 Å². The molecule has 1 aromatic heterocycles. The maximum Gasteiger partial charge on any atom is 0.148 e. The van der Waals surface area contributed by atoms with Crippen LogP contribution in [0.4, 0.5) is 0 Å². The molecule has 0 radical (unpaired) electrons. The molecule has 1 heterocycles. The highest BCUT2D eigenvalue weighted by atomic mass is 79.9. The smallest absolute Gasteiger partial charge is 0.148 e. The van der Waals surface area contributed by atoms with E-state index in [1.165, 1.54) is 0 Å². The maximum absolute atomic E-state index is 5.76. The van der Waals surface area contributed by atoms with Gasteiger partial charge >= 0.3 is 0 Å². The fourth-order valence-electron chi connectivity index (χ4n) is 1.45. The Morgan fingerprint density at radius 3 is 2.73 bits per heavy atom. The fraction of sp³-hybridized carbons (Fsp3) is 0.273. The van der Waals surface area contributed by atoms with Crippen LogP contribution < -0.4 is 10.5 Å². The molecule has 15 heavy (non-hydrogen) atoms. The number of methoxy groups -OCH3 is 1. The van der Waals surface area contributed by atoms with Gasteiger partial charge in [-0.1, -0.05) is 0 Å². The van der Waals surface area contributed by atoms with Gasteiger partial charge in [-0.15, -0.1) is 0 Å². The summed E-state index contributed by atoms with van der Waals surface area (Å²) in [5, 5.41) is 0.994. The quantitative estimate of drug-likeness (QED) is 0.911. The van der Waals surface area contributed by atoms with Crippen LogP contribution in [-0.4, -0.2) is 7.11 Å². The first-order valence-corrected chi connectivity index (χ1v) is 5.43. The molecule has 1 unspecified atom stereocenters. The number of fused-ring (bicyclic) bond motifs is 1. The van der Waals surface area contributed by atoms with Crippen LogP contribution >= 0.6 is 15.9 Å². The molecule has 2 aromatic rings. The Bertz CT molecular complexity index is 491. The summed E-state index contributed by atoms with van der Waals surface area (Å²) in [7, 11) is 1.64. The normalized spacial score (nSPS) is 13.1. The maximum atomic E-state index is 5.76. The monoisotopic (exact) mass is 269 g/mol. The molecule has 1 atom stereocenters. The molecule has 80 valence electrons. The van der Waals surface area contributed by atoms with Crippen molar-refractivity contribution < 1.29 is 9.15 Å². The third-order valence-corrected chi connectivity index (χ3v) is 2.84. The van der Waals surface area contributed by atoms with Gasteiger partial charge < -0.3 is 14.9 Å². The Hall–Kier alpha value is -1.00. The van der Waals surface area contributed by atoms with Crippen molar-refractivity contribution in [3.05, 3.63) is 28.4 Å². The van der Waals surface area contributed by atoms with E-state index in [0.29, 0.717) is 0 Å². The molecule has 0 saturated heterocycles. The molecule has 0 saturated carbocycles. The highest BCUT2D eigenvalue weighted by Gasteiger charge is 2.11. The molecule has 0 fully saturated rings. The summed E-state index contributed by atoms with van der Waals surface area (Å²) >= 11 is 3.44. The lowest BCUT2D eigenvalue weighted by Gasteiger charge is -2.00. The molecular formula is C11H12BrNO2. The molecule has 3 nitrogen and oxygen atoms in total. The number of ether oxygens (including phenoxy) is 1. The zero-order chi connectivity index (χ0) is 11.0. The first-order valence-electron chi connectivity index (χ1n) is 4.64. The Labute approximate surface area is 96.3 Å². The molecule has 2 N–H and O–H groups in total. The second-order valence-corrected chi connectivity index (χ2v) is 4.32. The van der Waals surface area contributed by atoms with Crippen LogP contribution in [0.15, 0.2) is 27.1 Å². The van der Waals surface area contributed by atoms with Gasteiger partial charge in [0.2, 0.25) is 0 Å². The molecule has 0 aliphatic heterocycles. The second-order valence-electron chi connectivity index (χ2n) is 3.47. The van der Waals surface area contributed by atoms with Crippen LogP contribution in [0.3, 0.4) is 0 Å². The summed E-state index contributed by atoms with van der Waals surface area (Å²) in [6.45, 7) is 1.89. The number of nitrogens with two attached hydrogens (primary N) is 1. The molecule has 0 bridgehead atoms. The van der Waals surface area contributed by atoms with Crippen molar-refractivity contribution in [2.75, 3.05) is 7.11 Å². The summed E-state index contributed by atoms with van der Waals surface area (Å²) in [5.74, 6) is 1.57. The van der Waals surface area contributed by atoms with Crippen molar-refractivity contribution in [3.63, 3.8) is 0 Å². The highest BCUT2D eigenvalue weighted by molar-refractivity contribution is 9.10. The van der Waals surface area contributed by atoms with Gasteiger partial charge in [0.25, 0.3) is 0 Å². The number of hydrogen-bond acceptors (Lipinski definition) is 3. The zero-order valence-electron chi connectivity index (χ0n) is 8.58. The molecule has 0 aliphatic carbocycles. The van der Waals surface area contributed by atoms with Crippen molar-refractivity contribution in [2.45, 2.75) is 13.0 Å². The number of furan rings is 1. The Kier molecular flexibility index (Phi) is 2.71. The number of benzene rings is 1. The Morgan fingerprint density at radius 1 is 1.40 bits per heavy atom. The average Bonchev–Trinajstić information content (AvgIpc) is 2.61. The third-order valence-electron chi connectivity index (χ3n) is 2.25. The van der Waals surface area contributed by atoms with E-state index < -0.39 is 0 Å². The molecule has 2 rings (SSSR count). The van der Waals surface area contributed by atoms with Crippen LogP contribution in [0.25, 0.3) is 11.0 Å². The van der Waals surface area contributed by atoms with E-state index in [4.69, 9.17) is 14.9 Å². The standard InChI is InChI=1S/C11H12BrNO2/c1-6(13)10-4-7-3-8(14-2)5-9(12)11(7)15-10/h3-6H,13H2,1-2H3. The van der Waals surface area contributed by atoms with E-state index in [1.54, 1.807) is 7.11 Å². The van der Waals surface area contributed by atoms with Crippen molar-refractivity contribution in [2.24, 2.45) is 5.73 Å². The largest absolute Gasteiger partial charge is 0.497 e. The minimum absolute atomic E-state index is 0.102. The molecule has 4 heteroatoms. The molecule has 0 spiro atoms. The van der Waals surface area contributed by atoms with E-state index in [1.807, 2.05) is 25.1 Å². The first kappa shape index (κ1) is 10.5. The van der Waals surface area contributed by atoms with Crippen molar-refractivity contribution >= 4 is 26.9 Å².